The summed E-state index contributed by atoms with van der Waals surface area (Å²) < 4.78 is 17.1. The first kappa shape index (κ1) is 14.1. The fraction of sp³-hybridized carbons (Fsp3) is 1.00. The first-order valence-electron chi connectivity index (χ1n) is 4.92. The molecular formula is C9H24NO3Si+. The van der Waals surface area contributed by atoms with E-state index in [2.05, 4.69) is 21.0 Å². The van der Waals surface area contributed by atoms with Crippen LogP contribution in [0.4, 0.5) is 0 Å². The third-order valence-corrected chi connectivity index (χ3v) is 5.49. The van der Waals surface area contributed by atoms with Crippen LogP contribution in [0, 0.1) is 0 Å². The molecule has 0 rings (SSSR count). The lowest BCUT2D eigenvalue weighted by molar-refractivity contribution is -0.882. The van der Waals surface area contributed by atoms with E-state index < -0.39 is 8.80 Å². The Hall–Kier alpha value is 0.0569. The molecular weight excluding hydrogens is 198 g/mol. The minimum Gasteiger partial charge on any atom is -0.374 e. The molecule has 0 aliphatic heterocycles. The molecule has 0 atom stereocenters. The Kier molecular flexibility index (Phi) is 5.85. The van der Waals surface area contributed by atoms with Gasteiger partial charge in [-0.05, 0) is 6.42 Å². The van der Waals surface area contributed by atoms with Crippen molar-refractivity contribution in [2.24, 2.45) is 0 Å². The second-order valence-electron chi connectivity index (χ2n) is 4.11. The SMILES string of the molecule is CCC[N+](C)(C)C[Si](OC)(OC)OC. The van der Waals surface area contributed by atoms with Crippen molar-refractivity contribution >= 4 is 8.80 Å². The van der Waals surface area contributed by atoms with Crippen molar-refractivity contribution in [2.75, 3.05) is 48.1 Å². The minimum absolute atomic E-state index is 0.810. The van der Waals surface area contributed by atoms with Gasteiger partial charge < -0.3 is 17.8 Å². The Labute approximate surface area is 88.7 Å². The van der Waals surface area contributed by atoms with E-state index in [1.54, 1.807) is 21.3 Å². The Morgan fingerprint density at radius 3 is 1.71 bits per heavy atom. The van der Waals surface area contributed by atoms with Gasteiger partial charge in [-0.3, -0.25) is 0 Å². The predicted octanol–water partition coefficient (Wildman–Crippen LogP) is 0.890. The number of rotatable bonds is 7. The topological polar surface area (TPSA) is 27.7 Å². The van der Waals surface area contributed by atoms with Crippen LogP contribution in [0.15, 0.2) is 0 Å². The standard InChI is InChI=1S/C9H24NO3Si/c1-7-8-10(2,3)9-14(11-4,12-5)13-6/h7-9H2,1-6H3/q+1. The monoisotopic (exact) mass is 222 g/mol. The van der Waals surface area contributed by atoms with Gasteiger partial charge in [0.15, 0.2) is 0 Å². The molecule has 4 nitrogen and oxygen atoms in total. The highest BCUT2D eigenvalue weighted by atomic mass is 28.4. The van der Waals surface area contributed by atoms with Gasteiger partial charge in [0.05, 0.1) is 20.6 Å². The van der Waals surface area contributed by atoms with Crippen LogP contribution in [0.25, 0.3) is 0 Å². The van der Waals surface area contributed by atoms with Crippen molar-refractivity contribution in [1.82, 2.24) is 0 Å². The van der Waals surface area contributed by atoms with Crippen LogP contribution in [0.1, 0.15) is 13.3 Å². The van der Waals surface area contributed by atoms with E-state index in [1.165, 1.54) is 0 Å². The smallest absolute Gasteiger partial charge is 0.374 e. The van der Waals surface area contributed by atoms with Crippen molar-refractivity contribution < 1.29 is 17.8 Å². The second kappa shape index (κ2) is 5.82. The molecule has 0 aromatic rings. The van der Waals surface area contributed by atoms with Gasteiger partial charge in [0.25, 0.3) is 0 Å². The Bertz CT molecular complexity index is 152. The lowest BCUT2D eigenvalue weighted by atomic mass is 10.4. The highest BCUT2D eigenvalue weighted by Gasteiger charge is 2.45. The van der Waals surface area contributed by atoms with Crippen molar-refractivity contribution in [3.63, 3.8) is 0 Å². The van der Waals surface area contributed by atoms with Gasteiger partial charge in [0, 0.05) is 21.3 Å². The number of quaternary nitrogens is 1. The van der Waals surface area contributed by atoms with Crippen LogP contribution in [0.3, 0.4) is 0 Å². The van der Waals surface area contributed by atoms with Crippen LogP contribution in [0.5, 0.6) is 0 Å². The average Bonchev–Trinajstić information content (AvgIpc) is 2.14. The lowest BCUT2D eigenvalue weighted by Gasteiger charge is -2.35. The molecule has 0 unspecified atom stereocenters. The van der Waals surface area contributed by atoms with E-state index in [0.29, 0.717) is 0 Å². The summed E-state index contributed by atoms with van der Waals surface area (Å²) in [5.74, 6) is 0. The van der Waals surface area contributed by atoms with Gasteiger partial charge in [-0.25, -0.2) is 0 Å². The molecule has 0 saturated carbocycles. The van der Waals surface area contributed by atoms with Crippen molar-refractivity contribution in [1.29, 1.82) is 0 Å². The third kappa shape index (κ3) is 4.06. The summed E-state index contributed by atoms with van der Waals surface area (Å²) in [5, 5.41) is 0. The van der Waals surface area contributed by atoms with Crippen LogP contribution in [-0.2, 0) is 13.3 Å². The van der Waals surface area contributed by atoms with Gasteiger partial charge >= 0.3 is 8.80 Å². The summed E-state index contributed by atoms with van der Waals surface area (Å²) >= 11 is 0. The maximum atomic E-state index is 5.40. The van der Waals surface area contributed by atoms with E-state index in [0.717, 1.165) is 23.6 Å². The second-order valence-corrected chi connectivity index (χ2v) is 7.02. The van der Waals surface area contributed by atoms with E-state index in [4.69, 9.17) is 13.3 Å². The fourth-order valence-electron chi connectivity index (χ4n) is 1.65. The number of hydrogen-bond donors (Lipinski definition) is 0. The molecule has 0 aliphatic carbocycles. The van der Waals surface area contributed by atoms with Crippen LogP contribution in [-0.4, -0.2) is 61.4 Å². The van der Waals surface area contributed by atoms with Crippen LogP contribution in [0.2, 0.25) is 0 Å². The molecule has 0 aromatic heterocycles. The van der Waals surface area contributed by atoms with Gasteiger partial charge in [-0.2, -0.15) is 0 Å². The summed E-state index contributed by atoms with van der Waals surface area (Å²) in [7, 11) is 6.89. The molecule has 5 heteroatoms. The Morgan fingerprint density at radius 1 is 1.00 bits per heavy atom. The van der Waals surface area contributed by atoms with E-state index in [-0.39, 0.29) is 0 Å². The van der Waals surface area contributed by atoms with E-state index in [9.17, 15) is 0 Å². The molecule has 0 fully saturated rings. The zero-order valence-corrected chi connectivity index (χ0v) is 11.3. The lowest BCUT2D eigenvalue weighted by Crippen LogP contribution is -2.59. The number of nitrogens with zero attached hydrogens (tertiary/aromatic N) is 1. The highest BCUT2D eigenvalue weighted by molar-refractivity contribution is 6.60. The maximum absolute atomic E-state index is 5.40. The molecule has 14 heavy (non-hydrogen) atoms. The molecule has 0 N–H and O–H groups in total. The van der Waals surface area contributed by atoms with Crippen LogP contribution >= 0.6 is 0 Å². The first-order chi connectivity index (χ1) is 6.45. The molecule has 0 amide bonds. The summed E-state index contributed by atoms with van der Waals surface area (Å²) in [6.45, 7) is 3.28. The molecule has 0 saturated heterocycles. The largest absolute Gasteiger partial charge is 0.558 e. The first-order valence-corrected chi connectivity index (χ1v) is 6.86. The molecule has 0 aliphatic rings. The van der Waals surface area contributed by atoms with Gasteiger partial charge in [-0.15, -0.1) is 0 Å². The molecule has 0 spiro atoms. The third-order valence-electron chi connectivity index (χ3n) is 2.38. The fourth-order valence-corrected chi connectivity index (χ4v) is 3.75. The van der Waals surface area contributed by atoms with Gasteiger partial charge in [-0.1, -0.05) is 6.92 Å². The van der Waals surface area contributed by atoms with Crippen molar-refractivity contribution in [3.05, 3.63) is 0 Å². The normalized spacial score (nSPS) is 13.3. The van der Waals surface area contributed by atoms with Crippen molar-refractivity contribution in [3.8, 4) is 0 Å². The summed E-state index contributed by atoms with van der Waals surface area (Å²) in [6.07, 6.45) is 1.96. The summed E-state index contributed by atoms with van der Waals surface area (Å²) in [4.78, 5) is 0. The molecule has 0 aromatic carbocycles. The van der Waals surface area contributed by atoms with Gasteiger partial charge in [0.1, 0.15) is 6.17 Å². The zero-order chi connectivity index (χ0) is 11.2. The molecule has 0 bridgehead atoms. The minimum atomic E-state index is -2.42. The number of hydrogen-bond acceptors (Lipinski definition) is 3. The zero-order valence-electron chi connectivity index (χ0n) is 10.3. The average molecular weight is 222 g/mol. The van der Waals surface area contributed by atoms with Crippen molar-refractivity contribution in [2.45, 2.75) is 13.3 Å². The molecule has 0 heterocycles. The van der Waals surface area contributed by atoms with E-state index in [1.807, 2.05) is 0 Å². The summed E-state index contributed by atoms with van der Waals surface area (Å²) in [6, 6.07) is 0. The summed E-state index contributed by atoms with van der Waals surface area (Å²) in [5.41, 5.74) is 0. The molecule has 86 valence electrons. The van der Waals surface area contributed by atoms with E-state index >= 15 is 0 Å². The molecule has 0 radical (unpaired) electrons. The highest BCUT2D eigenvalue weighted by Crippen LogP contribution is 2.12. The van der Waals surface area contributed by atoms with Crippen LogP contribution < -0.4 is 0 Å². The maximum Gasteiger partial charge on any atom is 0.558 e. The van der Waals surface area contributed by atoms with Gasteiger partial charge in [0.2, 0.25) is 0 Å². The Morgan fingerprint density at radius 2 is 1.43 bits per heavy atom. The predicted molar refractivity (Wildman–Crippen MR) is 58.9 cm³/mol. The Balaban J connectivity index is 4.41. The quantitative estimate of drug-likeness (QED) is 0.473.